The molecular formula is C12H18N2O. The smallest absolute Gasteiger partial charge is 0.0480 e. The first-order chi connectivity index (χ1) is 7.36. The summed E-state index contributed by atoms with van der Waals surface area (Å²) in [4.78, 5) is 4.03. The molecule has 1 aliphatic heterocycles. The Morgan fingerprint density at radius 1 is 1.33 bits per heavy atom. The SMILES string of the molecule is C[C@@H](NC1CCOCC1)c1ccncc1. The van der Waals surface area contributed by atoms with Gasteiger partial charge in [-0.05, 0) is 37.5 Å². The fourth-order valence-electron chi connectivity index (χ4n) is 1.97. The average molecular weight is 206 g/mol. The van der Waals surface area contributed by atoms with E-state index in [0.29, 0.717) is 12.1 Å². The third-order valence-electron chi connectivity index (χ3n) is 2.91. The molecule has 3 nitrogen and oxygen atoms in total. The van der Waals surface area contributed by atoms with Crippen LogP contribution in [-0.4, -0.2) is 24.2 Å². The molecule has 1 aromatic rings. The number of nitrogens with one attached hydrogen (secondary N) is 1. The average Bonchev–Trinajstić information content (AvgIpc) is 2.31. The first kappa shape index (κ1) is 10.6. The highest BCUT2D eigenvalue weighted by Crippen LogP contribution is 2.15. The zero-order chi connectivity index (χ0) is 10.5. The highest BCUT2D eigenvalue weighted by atomic mass is 16.5. The van der Waals surface area contributed by atoms with Crippen molar-refractivity contribution in [2.24, 2.45) is 0 Å². The number of ether oxygens (including phenoxy) is 1. The minimum Gasteiger partial charge on any atom is -0.381 e. The monoisotopic (exact) mass is 206 g/mol. The minimum atomic E-state index is 0.399. The van der Waals surface area contributed by atoms with E-state index in [-0.39, 0.29) is 0 Å². The van der Waals surface area contributed by atoms with E-state index >= 15 is 0 Å². The van der Waals surface area contributed by atoms with Gasteiger partial charge in [0.05, 0.1) is 0 Å². The maximum absolute atomic E-state index is 5.34. The summed E-state index contributed by atoms with van der Waals surface area (Å²) < 4.78 is 5.34. The van der Waals surface area contributed by atoms with Crippen molar-refractivity contribution in [1.29, 1.82) is 0 Å². The number of nitrogens with zero attached hydrogens (tertiary/aromatic N) is 1. The predicted octanol–water partition coefficient (Wildman–Crippen LogP) is 1.91. The van der Waals surface area contributed by atoms with Crippen molar-refractivity contribution >= 4 is 0 Å². The molecule has 1 aliphatic rings. The van der Waals surface area contributed by atoms with Gasteiger partial charge in [0.1, 0.15) is 0 Å². The van der Waals surface area contributed by atoms with Crippen LogP contribution < -0.4 is 5.32 Å². The van der Waals surface area contributed by atoms with Crippen molar-refractivity contribution in [3.8, 4) is 0 Å². The number of rotatable bonds is 3. The minimum absolute atomic E-state index is 0.399. The first-order valence-electron chi connectivity index (χ1n) is 5.60. The van der Waals surface area contributed by atoms with Gasteiger partial charge in [-0.25, -0.2) is 0 Å². The Bertz CT molecular complexity index is 283. The molecule has 0 bridgehead atoms. The third-order valence-corrected chi connectivity index (χ3v) is 2.91. The highest BCUT2D eigenvalue weighted by molar-refractivity contribution is 5.14. The number of pyridine rings is 1. The summed E-state index contributed by atoms with van der Waals surface area (Å²) >= 11 is 0. The van der Waals surface area contributed by atoms with E-state index < -0.39 is 0 Å². The van der Waals surface area contributed by atoms with Crippen molar-refractivity contribution in [3.63, 3.8) is 0 Å². The third kappa shape index (κ3) is 3.01. The van der Waals surface area contributed by atoms with Gasteiger partial charge in [-0.15, -0.1) is 0 Å². The summed E-state index contributed by atoms with van der Waals surface area (Å²) in [7, 11) is 0. The fourth-order valence-corrected chi connectivity index (χ4v) is 1.97. The van der Waals surface area contributed by atoms with Gasteiger partial charge in [0.15, 0.2) is 0 Å². The molecule has 1 fully saturated rings. The second kappa shape index (κ2) is 5.24. The molecular weight excluding hydrogens is 188 g/mol. The van der Waals surface area contributed by atoms with Crippen molar-refractivity contribution < 1.29 is 4.74 Å². The van der Waals surface area contributed by atoms with Crippen LogP contribution in [0.5, 0.6) is 0 Å². The number of aromatic nitrogens is 1. The first-order valence-corrected chi connectivity index (χ1v) is 5.60. The van der Waals surface area contributed by atoms with E-state index in [1.54, 1.807) is 0 Å². The molecule has 1 atom stereocenters. The lowest BCUT2D eigenvalue weighted by molar-refractivity contribution is 0.0754. The Morgan fingerprint density at radius 3 is 2.67 bits per heavy atom. The Balaban J connectivity index is 1.88. The molecule has 1 N–H and O–H groups in total. The molecule has 0 unspecified atom stereocenters. The van der Waals surface area contributed by atoms with Crippen LogP contribution >= 0.6 is 0 Å². The van der Waals surface area contributed by atoms with Gasteiger partial charge in [-0.2, -0.15) is 0 Å². The molecule has 3 heteroatoms. The normalized spacial score (nSPS) is 20.1. The van der Waals surface area contributed by atoms with Crippen LogP contribution in [0.3, 0.4) is 0 Å². The summed E-state index contributed by atoms with van der Waals surface area (Å²) in [5.74, 6) is 0. The van der Waals surface area contributed by atoms with E-state index in [4.69, 9.17) is 4.74 Å². The van der Waals surface area contributed by atoms with Crippen molar-refractivity contribution in [1.82, 2.24) is 10.3 Å². The van der Waals surface area contributed by atoms with Gasteiger partial charge in [-0.1, -0.05) is 0 Å². The molecule has 82 valence electrons. The standard InChI is InChI=1S/C12H18N2O/c1-10(11-2-6-13-7-3-11)14-12-4-8-15-9-5-12/h2-3,6-7,10,12,14H,4-5,8-9H2,1H3/t10-/m1/s1. The Morgan fingerprint density at radius 2 is 2.00 bits per heavy atom. The van der Waals surface area contributed by atoms with Crippen molar-refractivity contribution in [2.75, 3.05) is 13.2 Å². The van der Waals surface area contributed by atoms with Crippen LogP contribution in [0.25, 0.3) is 0 Å². The number of hydrogen-bond acceptors (Lipinski definition) is 3. The number of hydrogen-bond donors (Lipinski definition) is 1. The largest absolute Gasteiger partial charge is 0.381 e. The molecule has 2 heterocycles. The van der Waals surface area contributed by atoms with Crippen LogP contribution in [0, 0.1) is 0 Å². The van der Waals surface area contributed by atoms with Gasteiger partial charge in [0, 0.05) is 37.7 Å². The summed E-state index contributed by atoms with van der Waals surface area (Å²) in [6, 6.07) is 5.13. The van der Waals surface area contributed by atoms with Crippen LogP contribution in [0.1, 0.15) is 31.4 Å². The molecule has 0 radical (unpaired) electrons. The van der Waals surface area contributed by atoms with Crippen LogP contribution in [-0.2, 0) is 4.74 Å². The van der Waals surface area contributed by atoms with Gasteiger partial charge in [0.25, 0.3) is 0 Å². The molecule has 0 saturated carbocycles. The van der Waals surface area contributed by atoms with E-state index in [9.17, 15) is 0 Å². The Kier molecular flexibility index (Phi) is 3.69. The molecule has 0 aliphatic carbocycles. The maximum atomic E-state index is 5.34. The molecule has 1 aromatic heterocycles. The van der Waals surface area contributed by atoms with Gasteiger partial charge in [-0.3, -0.25) is 4.98 Å². The van der Waals surface area contributed by atoms with Crippen molar-refractivity contribution in [3.05, 3.63) is 30.1 Å². The molecule has 15 heavy (non-hydrogen) atoms. The summed E-state index contributed by atoms with van der Waals surface area (Å²) in [5, 5.41) is 3.63. The zero-order valence-corrected chi connectivity index (χ0v) is 9.15. The topological polar surface area (TPSA) is 34.1 Å². The van der Waals surface area contributed by atoms with Gasteiger partial charge in [0.2, 0.25) is 0 Å². The maximum Gasteiger partial charge on any atom is 0.0480 e. The van der Waals surface area contributed by atoms with Gasteiger partial charge >= 0.3 is 0 Å². The Hall–Kier alpha value is -0.930. The molecule has 0 aromatic carbocycles. The molecule has 2 rings (SSSR count). The lowest BCUT2D eigenvalue weighted by atomic mass is 10.1. The molecule has 0 amide bonds. The van der Waals surface area contributed by atoms with Crippen LogP contribution in [0.15, 0.2) is 24.5 Å². The fraction of sp³-hybridized carbons (Fsp3) is 0.583. The highest BCUT2D eigenvalue weighted by Gasteiger charge is 2.16. The predicted molar refractivity (Wildman–Crippen MR) is 59.6 cm³/mol. The summed E-state index contributed by atoms with van der Waals surface area (Å²) in [5.41, 5.74) is 1.30. The summed E-state index contributed by atoms with van der Waals surface area (Å²) in [6.45, 7) is 3.98. The lowest BCUT2D eigenvalue weighted by Crippen LogP contribution is -2.36. The van der Waals surface area contributed by atoms with Gasteiger partial charge < -0.3 is 10.1 Å². The second-order valence-electron chi connectivity index (χ2n) is 4.06. The van der Waals surface area contributed by atoms with E-state index in [2.05, 4.69) is 29.4 Å². The lowest BCUT2D eigenvalue weighted by Gasteiger charge is -2.26. The second-order valence-corrected chi connectivity index (χ2v) is 4.06. The van der Waals surface area contributed by atoms with Crippen LogP contribution in [0.4, 0.5) is 0 Å². The van der Waals surface area contributed by atoms with Crippen molar-refractivity contribution in [2.45, 2.75) is 31.8 Å². The van der Waals surface area contributed by atoms with E-state index in [1.165, 1.54) is 5.56 Å². The quantitative estimate of drug-likeness (QED) is 0.820. The summed E-state index contributed by atoms with van der Waals surface area (Å²) in [6.07, 6.45) is 5.93. The van der Waals surface area contributed by atoms with Crippen LogP contribution in [0.2, 0.25) is 0 Å². The zero-order valence-electron chi connectivity index (χ0n) is 9.15. The Labute approximate surface area is 90.9 Å². The molecule has 1 saturated heterocycles. The van der Waals surface area contributed by atoms with E-state index in [1.807, 2.05) is 12.4 Å². The van der Waals surface area contributed by atoms with E-state index in [0.717, 1.165) is 26.1 Å². The molecule has 0 spiro atoms.